The molecule has 1 fully saturated rings. The van der Waals surface area contributed by atoms with Crippen LogP contribution < -0.4 is 5.32 Å². The summed E-state index contributed by atoms with van der Waals surface area (Å²) in [5, 5.41) is 4.39. The standard InChI is InChI=1S/C23H24N2O.ClH/c26-23(13-12-17-7-6-14-24-16-17)20-15-22(18-8-2-1-3-9-18)25-21-11-5-4-10-19(20)21;/h1-5,8-11,15,17,24H,6-7,12-14,16H2;1H. The van der Waals surface area contributed by atoms with E-state index < -0.39 is 0 Å². The number of Topliss-reactive ketones (excluding diaryl/α,β-unsaturated/α-hetero) is 1. The van der Waals surface area contributed by atoms with E-state index in [0.717, 1.165) is 47.2 Å². The molecule has 2 aromatic carbocycles. The van der Waals surface area contributed by atoms with E-state index in [4.69, 9.17) is 4.98 Å². The predicted octanol–water partition coefficient (Wildman–Crippen LogP) is 5.29. The summed E-state index contributed by atoms with van der Waals surface area (Å²) in [6.45, 7) is 2.15. The third-order valence-corrected chi connectivity index (χ3v) is 5.26. The van der Waals surface area contributed by atoms with Gasteiger partial charge in [-0.3, -0.25) is 4.79 Å². The van der Waals surface area contributed by atoms with Crippen LogP contribution in [0.25, 0.3) is 22.2 Å². The van der Waals surface area contributed by atoms with E-state index >= 15 is 0 Å². The second-order valence-electron chi connectivity index (χ2n) is 7.11. The normalized spacial score (nSPS) is 16.7. The van der Waals surface area contributed by atoms with Crippen molar-refractivity contribution in [2.45, 2.75) is 25.7 Å². The zero-order valence-electron chi connectivity index (χ0n) is 15.4. The molecule has 140 valence electrons. The predicted molar refractivity (Wildman–Crippen MR) is 114 cm³/mol. The summed E-state index contributed by atoms with van der Waals surface area (Å²) in [4.78, 5) is 17.8. The Morgan fingerprint density at radius 3 is 2.63 bits per heavy atom. The summed E-state index contributed by atoms with van der Waals surface area (Å²) in [6.07, 6.45) is 4.01. The van der Waals surface area contributed by atoms with Crippen molar-refractivity contribution in [2.75, 3.05) is 13.1 Å². The van der Waals surface area contributed by atoms with Crippen molar-refractivity contribution < 1.29 is 4.79 Å². The molecule has 3 nitrogen and oxygen atoms in total. The van der Waals surface area contributed by atoms with Crippen LogP contribution in [0.2, 0.25) is 0 Å². The fourth-order valence-electron chi connectivity index (χ4n) is 3.80. The first-order valence-corrected chi connectivity index (χ1v) is 9.50. The highest BCUT2D eigenvalue weighted by Crippen LogP contribution is 2.27. The summed E-state index contributed by atoms with van der Waals surface area (Å²) in [5.74, 6) is 0.848. The molecule has 1 aliphatic heterocycles. The second-order valence-corrected chi connectivity index (χ2v) is 7.11. The van der Waals surface area contributed by atoms with Crippen LogP contribution in [0.5, 0.6) is 0 Å². The van der Waals surface area contributed by atoms with Gasteiger partial charge < -0.3 is 5.32 Å². The van der Waals surface area contributed by atoms with E-state index in [9.17, 15) is 4.79 Å². The lowest BCUT2D eigenvalue weighted by Crippen LogP contribution is -2.30. The van der Waals surface area contributed by atoms with Crippen LogP contribution in [0.15, 0.2) is 60.7 Å². The number of halogens is 1. The molecule has 3 aromatic rings. The topological polar surface area (TPSA) is 42.0 Å². The highest BCUT2D eigenvalue weighted by molar-refractivity contribution is 6.08. The minimum atomic E-state index is 0. The molecule has 1 saturated heterocycles. The molecule has 2 heterocycles. The van der Waals surface area contributed by atoms with Crippen LogP contribution >= 0.6 is 12.4 Å². The quantitative estimate of drug-likeness (QED) is 0.612. The lowest BCUT2D eigenvalue weighted by molar-refractivity contribution is 0.0973. The van der Waals surface area contributed by atoms with Crippen molar-refractivity contribution in [2.24, 2.45) is 5.92 Å². The number of rotatable bonds is 5. The first-order valence-electron chi connectivity index (χ1n) is 9.50. The number of benzene rings is 2. The molecular weight excluding hydrogens is 356 g/mol. The maximum absolute atomic E-state index is 13.0. The van der Waals surface area contributed by atoms with E-state index in [2.05, 4.69) is 5.32 Å². The van der Waals surface area contributed by atoms with Crippen molar-refractivity contribution in [3.05, 3.63) is 66.2 Å². The van der Waals surface area contributed by atoms with E-state index in [1.165, 1.54) is 12.8 Å². The molecule has 4 heteroatoms. The smallest absolute Gasteiger partial charge is 0.163 e. The number of pyridine rings is 1. The van der Waals surface area contributed by atoms with Gasteiger partial charge >= 0.3 is 0 Å². The number of hydrogen-bond donors (Lipinski definition) is 1. The Morgan fingerprint density at radius 2 is 1.85 bits per heavy atom. The first kappa shape index (κ1) is 19.5. The molecule has 1 unspecified atom stereocenters. The molecule has 1 atom stereocenters. The molecule has 0 spiro atoms. The summed E-state index contributed by atoms with van der Waals surface area (Å²) in [5.41, 5.74) is 3.60. The number of carbonyl (C=O) groups is 1. The number of hydrogen-bond acceptors (Lipinski definition) is 3. The molecule has 0 radical (unpaired) electrons. The van der Waals surface area contributed by atoms with Gasteiger partial charge in [0, 0.05) is 22.9 Å². The monoisotopic (exact) mass is 380 g/mol. The van der Waals surface area contributed by atoms with Crippen molar-refractivity contribution in [1.29, 1.82) is 0 Å². The van der Waals surface area contributed by atoms with Crippen LogP contribution in [0.4, 0.5) is 0 Å². The Bertz CT molecular complexity index is 905. The molecule has 27 heavy (non-hydrogen) atoms. The summed E-state index contributed by atoms with van der Waals surface area (Å²) < 4.78 is 0. The Labute approximate surface area is 166 Å². The van der Waals surface area contributed by atoms with Gasteiger partial charge in [-0.15, -0.1) is 12.4 Å². The van der Waals surface area contributed by atoms with Gasteiger partial charge in [-0.05, 0) is 50.4 Å². The third-order valence-electron chi connectivity index (χ3n) is 5.26. The van der Waals surface area contributed by atoms with Crippen LogP contribution in [0.1, 0.15) is 36.0 Å². The van der Waals surface area contributed by atoms with Gasteiger partial charge in [-0.25, -0.2) is 4.98 Å². The average molecular weight is 381 g/mol. The summed E-state index contributed by atoms with van der Waals surface area (Å²) >= 11 is 0. The van der Waals surface area contributed by atoms with E-state index in [0.29, 0.717) is 12.3 Å². The number of nitrogens with zero attached hydrogens (tertiary/aromatic N) is 1. The SMILES string of the molecule is Cl.O=C(CCC1CCCNC1)c1cc(-c2ccccc2)nc2ccccc12. The second kappa shape index (κ2) is 9.12. The number of nitrogens with one attached hydrogen (secondary N) is 1. The van der Waals surface area contributed by atoms with Crippen LogP contribution in [-0.2, 0) is 0 Å². The molecule has 1 N–H and O–H groups in total. The summed E-state index contributed by atoms with van der Waals surface area (Å²) in [7, 11) is 0. The zero-order chi connectivity index (χ0) is 17.8. The number of fused-ring (bicyclic) bond motifs is 1. The highest BCUT2D eigenvalue weighted by atomic mass is 35.5. The molecule has 0 aliphatic carbocycles. The number of piperidine rings is 1. The lowest BCUT2D eigenvalue weighted by Gasteiger charge is -2.22. The van der Waals surface area contributed by atoms with Crippen LogP contribution in [0.3, 0.4) is 0 Å². The number of carbonyl (C=O) groups excluding carboxylic acids is 1. The number of ketones is 1. The van der Waals surface area contributed by atoms with E-state index in [1.54, 1.807) is 0 Å². The minimum Gasteiger partial charge on any atom is -0.316 e. The fraction of sp³-hybridized carbons (Fsp3) is 0.304. The number of para-hydroxylation sites is 1. The van der Waals surface area contributed by atoms with Gasteiger partial charge in [0.15, 0.2) is 5.78 Å². The molecule has 1 aromatic heterocycles. The minimum absolute atomic E-state index is 0. The van der Waals surface area contributed by atoms with Crippen LogP contribution in [-0.4, -0.2) is 23.9 Å². The van der Waals surface area contributed by atoms with E-state index in [-0.39, 0.29) is 18.2 Å². The molecule has 0 bridgehead atoms. The zero-order valence-corrected chi connectivity index (χ0v) is 16.2. The van der Waals surface area contributed by atoms with E-state index in [1.807, 2.05) is 60.7 Å². The Morgan fingerprint density at radius 1 is 1.07 bits per heavy atom. The highest BCUT2D eigenvalue weighted by Gasteiger charge is 2.18. The molecule has 0 saturated carbocycles. The van der Waals surface area contributed by atoms with Crippen molar-refractivity contribution in [1.82, 2.24) is 10.3 Å². The number of aromatic nitrogens is 1. The molecule has 0 amide bonds. The van der Waals surface area contributed by atoms with Crippen molar-refractivity contribution in [3.63, 3.8) is 0 Å². The molecule has 4 rings (SSSR count). The first-order chi connectivity index (χ1) is 12.8. The van der Waals surface area contributed by atoms with Gasteiger partial charge in [0.05, 0.1) is 11.2 Å². The Balaban J connectivity index is 0.00000210. The van der Waals surface area contributed by atoms with Gasteiger partial charge in [0.2, 0.25) is 0 Å². The third kappa shape index (κ3) is 4.55. The summed E-state index contributed by atoms with van der Waals surface area (Å²) in [6, 6.07) is 20.0. The fourth-order valence-corrected chi connectivity index (χ4v) is 3.80. The van der Waals surface area contributed by atoms with Crippen molar-refractivity contribution >= 4 is 29.1 Å². The lowest BCUT2D eigenvalue weighted by atomic mass is 9.91. The maximum atomic E-state index is 13.0. The largest absolute Gasteiger partial charge is 0.316 e. The van der Waals surface area contributed by atoms with Gasteiger partial charge in [0.1, 0.15) is 0 Å². The molecular formula is C23H25ClN2O. The van der Waals surface area contributed by atoms with Gasteiger partial charge in [0.25, 0.3) is 0 Å². The Kier molecular flexibility index (Phi) is 6.59. The molecule has 1 aliphatic rings. The average Bonchev–Trinajstić information content (AvgIpc) is 2.72. The van der Waals surface area contributed by atoms with Gasteiger partial charge in [-0.1, -0.05) is 48.5 Å². The maximum Gasteiger partial charge on any atom is 0.163 e. The Hall–Kier alpha value is -2.23. The van der Waals surface area contributed by atoms with Crippen molar-refractivity contribution in [3.8, 4) is 11.3 Å². The van der Waals surface area contributed by atoms with Crippen LogP contribution in [0, 0.1) is 5.92 Å². The van der Waals surface area contributed by atoms with Gasteiger partial charge in [-0.2, -0.15) is 0 Å².